The summed E-state index contributed by atoms with van der Waals surface area (Å²) in [5.74, 6) is 0.252. The van der Waals surface area contributed by atoms with E-state index in [1.54, 1.807) is 6.07 Å². The fourth-order valence-electron chi connectivity index (χ4n) is 4.59. The number of hydrogen-bond acceptors (Lipinski definition) is 4. The summed E-state index contributed by atoms with van der Waals surface area (Å²) in [6.45, 7) is 0.00487. The Bertz CT molecular complexity index is 983. The minimum atomic E-state index is -0.118. The van der Waals surface area contributed by atoms with E-state index in [0.717, 1.165) is 28.7 Å². The fraction of sp³-hybridized carbons (Fsp3) is 0.280. The predicted molar refractivity (Wildman–Crippen MR) is 113 cm³/mol. The molecule has 0 bridgehead atoms. The van der Waals surface area contributed by atoms with Gasteiger partial charge in [0.15, 0.2) is 11.5 Å². The summed E-state index contributed by atoms with van der Waals surface area (Å²) >= 11 is 0. The number of aliphatic hydroxyl groups excluding tert-OH is 2. The van der Waals surface area contributed by atoms with Gasteiger partial charge in [0.2, 0.25) is 0 Å². The first-order chi connectivity index (χ1) is 14.2. The third-order valence-corrected chi connectivity index (χ3v) is 6.11. The van der Waals surface area contributed by atoms with Crippen LogP contribution in [0.2, 0.25) is 0 Å². The van der Waals surface area contributed by atoms with Gasteiger partial charge in [-0.25, -0.2) is 0 Å². The molecule has 1 aliphatic carbocycles. The van der Waals surface area contributed by atoms with Gasteiger partial charge < -0.3 is 20.1 Å². The maximum atomic E-state index is 10.2. The Labute approximate surface area is 171 Å². The molecular weight excluding hydrogens is 364 g/mol. The van der Waals surface area contributed by atoms with E-state index in [0.29, 0.717) is 5.75 Å². The van der Waals surface area contributed by atoms with Gasteiger partial charge in [-0.2, -0.15) is 0 Å². The van der Waals surface area contributed by atoms with Crippen molar-refractivity contribution in [3.8, 4) is 22.6 Å². The Morgan fingerprint density at radius 1 is 0.897 bits per heavy atom. The van der Waals surface area contributed by atoms with Crippen LogP contribution in [0.3, 0.4) is 0 Å². The number of rotatable bonds is 5. The minimum Gasteiger partial charge on any atom is -0.504 e. The molecule has 150 valence electrons. The van der Waals surface area contributed by atoms with Gasteiger partial charge in [-0.05, 0) is 58.2 Å². The zero-order chi connectivity index (χ0) is 20.4. The van der Waals surface area contributed by atoms with Gasteiger partial charge in [0.05, 0.1) is 7.11 Å². The lowest BCUT2D eigenvalue weighted by molar-refractivity contribution is 0.101. The van der Waals surface area contributed by atoms with Crippen molar-refractivity contribution in [2.75, 3.05) is 20.3 Å². The van der Waals surface area contributed by atoms with E-state index in [2.05, 4.69) is 30.3 Å². The van der Waals surface area contributed by atoms with Crippen LogP contribution in [0.25, 0.3) is 11.1 Å². The number of aliphatic hydroxyl groups is 2. The minimum absolute atomic E-state index is 0.0198. The highest BCUT2D eigenvalue weighted by Gasteiger charge is 2.37. The summed E-state index contributed by atoms with van der Waals surface area (Å²) in [6, 6.07) is 22.0. The first-order valence-electron chi connectivity index (χ1n) is 9.93. The van der Waals surface area contributed by atoms with Crippen molar-refractivity contribution in [1.82, 2.24) is 0 Å². The van der Waals surface area contributed by atoms with Gasteiger partial charge >= 0.3 is 0 Å². The Morgan fingerprint density at radius 3 is 2.38 bits per heavy atom. The summed E-state index contributed by atoms with van der Waals surface area (Å²) in [5, 5.41) is 30.2. The Kier molecular flexibility index (Phi) is 5.56. The summed E-state index contributed by atoms with van der Waals surface area (Å²) < 4.78 is 5.32. The van der Waals surface area contributed by atoms with E-state index in [4.69, 9.17) is 4.74 Å². The van der Waals surface area contributed by atoms with E-state index < -0.39 is 0 Å². The maximum Gasteiger partial charge on any atom is 0.160 e. The van der Waals surface area contributed by atoms with Crippen LogP contribution in [0, 0.1) is 11.8 Å². The lowest BCUT2D eigenvalue weighted by Crippen LogP contribution is -2.35. The molecule has 3 aromatic carbocycles. The Balaban J connectivity index is 1.88. The Morgan fingerprint density at radius 2 is 1.69 bits per heavy atom. The molecular formula is C25H26O4. The van der Waals surface area contributed by atoms with Crippen LogP contribution in [0.1, 0.15) is 22.6 Å². The van der Waals surface area contributed by atoms with E-state index in [1.807, 2.05) is 30.3 Å². The van der Waals surface area contributed by atoms with Gasteiger partial charge in [0.1, 0.15) is 0 Å². The highest BCUT2D eigenvalue weighted by atomic mass is 16.5. The lowest BCUT2D eigenvalue weighted by atomic mass is 9.66. The molecule has 4 heteroatoms. The normalized spacial score (nSPS) is 20.9. The molecule has 1 aliphatic rings. The lowest BCUT2D eigenvalue weighted by Gasteiger charge is -2.39. The molecule has 4 rings (SSSR count). The standard InChI is InChI=1S/C25H26O4/c1-29-24-13-19(9-10-23(24)28)25-21-12-17(16-5-3-2-4-6-16)7-8-18(21)11-20(14-26)22(25)15-27/h2-10,12-13,20,22,25-28H,11,14-15H2,1H3/t20-,22-,25?/m1/s1. The number of phenols is 1. The van der Waals surface area contributed by atoms with E-state index in [1.165, 1.54) is 12.7 Å². The van der Waals surface area contributed by atoms with Crippen molar-refractivity contribution in [2.45, 2.75) is 12.3 Å². The summed E-state index contributed by atoms with van der Waals surface area (Å²) in [7, 11) is 1.53. The zero-order valence-corrected chi connectivity index (χ0v) is 16.5. The summed E-state index contributed by atoms with van der Waals surface area (Å²) in [4.78, 5) is 0. The molecule has 0 heterocycles. The van der Waals surface area contributed by atoms with Crippen LogP contribution >= 0.6 is 0 Å². The van der Waals surface area contributed by atoms with Gasteiger partial charge in [-0.1, -0.05) is 54.6 Å². The second-order valence-electron chi connectivity index (χ2n) is 7.68. The second-order valence-corrected chi connectivity index (χ2v) is 7.68. The van der Waals surface area contributed by atoms with Crippen LogP contribution < -0.4 is 4.74 Å². The number of hydrogen-bond donors (Lipinski definition) is 3. The van der Waals surface area contributed by atoms with Crippen molar-refractivity contribution in [2.24, 2.45) is 11.8 Å². The van der Waals surface area contributed by atoms with Crippen molar-refractivity contribution in [1.29, 1.82) is 0 Å². The first kappa shape index (κ1) is 19.5. The van der Waals surface area contributed by atoms with Crippen LogP contribution in [-0.2, 0) is 6.42 Å². The maximum absolute atomic E-state index is 10.2. The van der Waals surface area contributed by atoms with Crippen molar-refractivity contribution < 1.29 is 20.1 Å². The number of methoxy groups -OCH3 is 1. The van der Waals surface area contributed by atoms with Crippen molar-refractivity contribution in [3.63, 3.8) is 0 Å². The third kappa shape index (κ3) is 3.61. The van der Waals surface area contributed by atoms with Crippen LogP contribution in [0.4, 0.5) is 0 Å². The molecule has 3 atom stereocenters. The second kappa shape index (κ2) is 8.27. The molecule has 3 N–H and O–H groups in total. The van der Waals surface area contributed by atoms with E-state index >= 15 is 0 Å². The molecule has 0 radical (unpaired) electrons. The van der Waals surface area contributed by atoms with E-state index in [9.17, 15) is 15.3 Å². The monoisotopic (exact) mass is 390 g/mol. The predicted octanol–water partition coefficient (Wildman–Crippen LogP) is 3.97. The molecule has 0 spiro atoms. The van der Waals surface area contributed by atoms with Gasteiger partial charge in [-0.15, -0.1) is 0 Å². The fourth-order valence-corrected chi connectivity index (χ4v) is 4.59. The smallest absolute Gasteiger partial charge is 0.160 e. The highest BCUT2D eigenvalue weighted by Crippen LogP contribution is 2.46. The summed E-state index contributed by atoms with van der Waals surface area (Å²) in [6.07, 6.45) is 0.734. The zero-order valence-electron chi connectivity index (χ0n) is 16.5. The van der Waals surface area contributed by atoms with Gasteiger partial charge in [0, 0.05) is 19.1 Å². The van der Waals surface area contributed by atoms with Crippen molar-refractivity contribution in [3.05, 3.63) is 83.4 Å². The van der Waals surface area contributed by atoms with Gasteiger partial charge in [0.25, 0.3) is 0 Å². The molecule has 4 nitrogen and oxygen atoms in total. The molecule has 1 unspecified atom stereocenters. The van der Waals surface area contributed by atoms with Crippen LogP contribution in [-0.4, -0.2) is 35.6 Å². The number of fused-ring (bicyclic) bond motifs is 1. The highest BCUT2D eigenvalue weighted by molar-refractivity contribution is 5.66. The number of phenolic OH excluding ortho intramolecular Hbond substituents is 1. The van der Waals surface area contributed by atoms with Crippen molar-refractivity contribution >= 4 is 0 Å². The average Bonchev–Trinajstić information content (AvgIpc) is 2.78. The SMILES string of the molecule is COc1cc(C2c3cc(-c4ccccc4)ccc3C[C@H](CO)[C@H]2CO)ccc1O. The largest absolute Gasteiger partial charge is 0.504 e. The average molecular weight is 390 g/mol. The van der Waals surface area contributed by atoms with Gasteiger partial charge in [-0.3, -0.25) is 0 Å². The number of aromatic hydroxyl groups is 1. The molecule has 0 amide bonds. The molecule has 0 saturated carbocycles. The Hall–Kier alpha value is -2.82. The molecule has 0 saturated heterocycles. The topological polar surface area (TPSA) is 69.9 Å². The first-order valence-corrected chi connectivity index (χ1v) is 9.93. The molecule has 0 fully saturated rings. The van der Waals surface area contributed by atoms with Crippen LogP contribution in [0.15, 0.2) is 66.7 Å². The quantitative estimate of drug-likeness (QED) is 0.616. The number of benzene rings is 3. The summed E-state index contributed by atoms with van der Waals surface area (Å²) in [5.41, 5.74) is 5.57. The molecule has 0 aromatic heterocycles. The molecule has 29 heavy (non-hydrogen) atoms. The molecule has 0 aliphatic heterocycles. The molecule has 3 aromatic rings. The van der Waals surface area contributed by atoms with E-state index in [-0.39, 0.29) is 36.7 Å². The third-order valence-electron chi connectivity index (χ3n) is 6.11. The van der Waals surface area contributed by atoms with Crippen LogP contribution in [0.5, 0.6) is 11.5 Å². The number of ether oxygens (including phenoxy) is 1.